The van der Waals surface area contributed by atoms with Crippen molar-refractivity contribution in [3.05, 3.63) is 71.8 Å². The normalized spacial score (nSPS) is 9.73. The fourth-order valence-electron chi connectivity index (χ4n) is 1.46. The van der Waals surface area contributed by atoms with E-state index < -0.39 is 6.10 Å². The summed E-state index contributed by atoms with van der Waals surface area (Å²) in [6, 6.07) is 19.3. The van der Waals surface area contributed by atoms with Crippen LogP contribution in [0.3, 0.4) is 0 Å². The van der Waals surface area contributed by atoms with E-state index in [1.54, 1.807) is 0 Å². The Morgan fingerprint density at radius 1 is 0.667 bits per heavy atom. The van der Waals surface area contributed by atoms with Crippen LogP contribution in [0.4, 0.5) is 0 Å². The average Bonchev–Trinajstić information content (AvgIpc) is 2.30. The Morgan fingerprint density at radius 2 is 1.00 bits per heavy atom. The van der Waals surface area contributed by atoms with Gasteiger partial charge in [0.05, 0.1) is 0 Å². The van der Waals surface area contributed by atoms with Crippen molar-refractivity contribution in [2.45, 2.75) is 6.10 Å². The number of aliphatic hydroxyl groups excluding tert-OH is 1. The monoisotopic (exact) mass is 224 g/mol. The fraction of sp³-hybridized carbons (Fsp3) is 0.0769. The quantitative estimate of drug-likeness (QED) is 0.775. The molecule has 15 heavy (non-hydrogen) atoms. The van der Waals surface area contributed by atoms with E-state index in [1.165, 1.54) is 0 Å². The van der Waals surface area contributed by atoms with Gasteiger partial charge in [0.25, 0.3) is 0 Å². The molecule has 72 valence electrons. The van der Waals surface area contributed by atoms with E-state index in [-0.39, 0.29) is 51.4 Å². The van der Waals surface area contributed by atoms with Crippen molar-refractivity contribution in [1.82, 2.24) is 0 Å². The van der Waals surface area contributed by atoms with Gasteiger partial charge < -0.3 is 5.11 Å². The summed E-state index contributed by atoms with van der Waals surface area (Å²) in [6.45, 7) is 0. The van der Waals surface area contributed by atoms with Crippen molar-refractivity contribution in [3.8, 4) is 0 Å². The molecule has 2 aromatic carbocycles. The van der Waals surface area contributed by atoms with Gasteiger partial charge in [0.2, 0.25) is 0 Å². The first kappa shape index (κ1) is 13.1. The summed E-state index contributed by atoms with van der Waals surface area (Å²) in [5, 5.41) is 9.99. The first-order chi connectivity index (χ1) is 6.88. The third-order valence-electron chi connectivity index (χ3n) is 2.23. The zero-order valence-corrected chi connectivity index (χ0v) is 7.80. The Balaban J connectivity index is 0.00000112. The summed E-state index contributed by atoms with van der Waals surface area (Å²) < 4.78 is 0. The van der Waals surface area contributed by atoms with Crippen LogP contribution in [0, 0.1) is 0 Å². The van der Waals surface area contributed by atoms with Crippen molar-refractivity contribution in [1.29, 1.82) is 0 Å². The van der Waals surface area contributed by atoms with E-state index in [0.29, 0.717) is 0 Å². The van der Waals surface area contributed by atoms with Gasteiger partial charge in [-0.15, -0.1) is 0 Å². The van der Waals surface area contributed by atoms with Crippen LogP contribution >= 0.6 is 0 Å². The van der Waals surface area contributed by atoms with E-state index >= 15 is 0 Å². The summed E-state index contributed by atoms with van der Waals surface area (Å²) in [5.74, 6) is 0. The second-order valence-electron chi connectivity index (χ2n) is 3.22. The van der Waals surface area contributed by atoms with Crippen LogP contribution in [0.2, 0.25) is 0 Å². The summed E-state index contributed by atoms with van der Waals surface area (Å²) in [7, 11) is 0. The molecule has 2 rings (SSSR count). The molecule has 0 atom stereocenters. The molecule has 0 aliphatic carbocycles. The van der Waals surface area contributed by atoms with Crippen molar-refractivity contribution in [2.75, 3.05) is 0 Å². The Bertz CT molecular complexity index is 346. The molecule has 0 unspecified atom stereocenters. The number of hydrogen-bond acceptors (Lipinski definition) is 1. The molecule has 0 amide bonds. The molecule has 0 spiro atoms. The Kier molecular flexibility index (Phi) is 5.75. The van der Waals surface area contributed by atoms with Crippen LogP contribution in [-0.4, -0.2) is 56.5 Å². The van der Waals surface area contributed by atoms with Crippen molar-refractivity contribution < 1.29 is 5.11 Å². The van der Waals surface area contributed by atoms with E-state index in [0.717, 1.165) is 11.1 Å². The molecule has 0 fully saturated rings. The molecule has 0 heterocycles. The summed E-state index contributed by atoms with van der Waals surface area (Å²) in [5.41, 5.74) is 1.86. The Hall–Kier alpha value is 0.0364. The minimum absolute atomic E-state index is 0. The number of benzene rings is 2. The summed E-state index contributed by atoms with van der Waals surface area (Å²) >= 11 is 0. The van der Waals surface area contributed by atoms with Crippen LogP contribution in [-0.2, 0) is 0 Å². The van der Waals surface area contributed by atoms with Gasteiger partial charge in [-0.2, -0.15) is 0 Å². The van der Waals surface area contributed by atoms with Gasteiger partial charge in [-0.25, -0.2) is 0 Å². The molecule has 0 saturated heterocycles. The van der Waals surface area contributed by atoms with E-state index in [4.69, 9.17) is 0 Å². The van der Waals surface area contributed by atoms with Gasteiger partial charge in [-0.1, -0.05) is 60.7 Å². The Labute approximate surface area is 133 Å². The SMILES string of the molecule is OC(c1ccccc1)c1ccccc1.[KH]. The molecule has 1 nitrogen and oxygen atoms in total. The molecule has 0 aliphatic heterocycles. The standard InChI is InChI=1S/C13H12O.K.H/c14-13(11-7-3-1-4-8-11)12-9-5-2-6-10-12;;/h1-10,13-14H;;. The predicted molar refractivity (Wildman–Crippen MR) is 64.1 cm³/mol. The molecular weight excluding hydrogens is 211 g/mol. The molecule has 2 aromatic rings. The van der Waals surface area contributed by atoms with Crippen LogP contribution in [0.1, 0.15) is 17.2 Å². The maximum absolute atomic E-state index is 9.99. The fourth-order valence-corrected chi connectivity index (χ4v) is 1.46. The van der Waals surface area contributed by atoms with Gasteiger partial charge in [-0.05, 0) is 11.1 Å². The van der Waals surface area contributed by atoms with E-state index in [9.17, 15) is 5.11 Å². The first-order valence-corrected chi connectivity index (χ1v) is 4.66. The zero-order chi connectivity index (χ0) is 9.80. The molecule has 1 N–H and O–H groups in total. The van der Waals surface area contributed by atoms with E-state index in [2.05, 4.69) is 0 Å². The van der Waals surface area contributed by atoms with Gasteiger partial charge in [0, 0.05) is 0 Å². The van der Waals surface area contributed by atoms with Crippen molar-refractivity contribution in [3.63, 3.8) is 0 Å². The van der Waals surface area contributed by atoms with Gasteiger partial charge in [0.15, 0.2) is 0 Å². The van der Waals surface area contributed by atoms with E-state index in [1.807, 2.05) is 60.7 Å². The molecule has 0 saturated carbocycles. The van der Waals surface area contributed by atoms with Crippen LogP contribution < -0.4 is 0 Å². The third-order valence-corrected chi connectivity index (χ3v) is 2.23. The summed E-state index contributed by atoms with van der Waals surface area (Å²) in [4.78, 5) is 0. The van der Waals surface area contributed by atoms with Gasteiger partial charge >= 0.3 is 51.4 Å². The second-order valence-corrected chi connectivity index (χ2v) is 3.22. The first-order valence-electron chi connectivity index (χ1n) is 4.66. The molecule has 0 bridgehead atoms. The molecule has 0 aliphatic rings. The average molecular weight is 224 g/mol. The number of aliphatic hydroxyl groups is 1. The molecule has 2 heteroatoms. The van der Waals surface area contributed by atoms with Crippen LogP contribution in [0.25, 0.3) is 0 Å². The zero-order valence-electron chi connectivity index (χ0n) is 7.80. The van der Waals surface area contributed by atoms with Crippen molar-refractivity contribution >= 4 is 51.4 Å². The summed E-state index contributed by atoms with van der Waals surface area (Å²) in [6.07, 6.45) is -0.516. The van der Waals surface area contributed by atoms with Crippen LogP contribution in [0.5, 0.6) is 0 Å². The maximum atomic E-state index is 9.99. The van der Waals surface area contributed by atoms with Gasteiger partial charge in [0.1, 0.15) is 6.10 Å². The van der Waals surface area contributed by atoms with Crippen LogP contribution in [0.15, 0.2) is 60.7 Å². The van der Waals surface area contributed by atoms with Crippen molar-refractivity contribution in [2.24, 2.45) is 0 Å². The molecular formula is C13H13KO. The Morgan fingerprint density at radius 3 is 1.33 bits per heavy atom. The number of rotatable bonds is 2. The topological polar surface area (TPSA) is 20.2 Å². The predicted octanol–water partition coefficient (Wildman–Crippen LogP) is 2.12. The second kappa shape index (κ2) is 6.58. The van der Waals surface area contributed by atoms with Gasteiger partial charge in [-0.3, -0.25) is 0 Å². The third kappa shape index (κ3) is 3.52. The minimum atomic E-state index is -0.516. The molecule has 0 aromatic heterocycles. The number of hydrogen-bond donors (Lipinski definition) is 1. The molecule has 0 radical (unpaired) electrons.